The molecule has 1 unspecified atom stereocenters. The van der Waals surface area contributed by atoms with E-state index in [0.717, 1.165) is 25.0 Å². The van der Waals surface area contributed by atoms with Crippen molar-refractivity contribution in [2.75, 3.05) is 11.9 Å². The number of hydrogen-bond acceptors (Lipinski definition) is 4. The Balaban J connectivity index is 1.62. The van der Waals surface area contributed by atoms with E-state index in [-0.39, 0.29) is 5.92 Å². The van der Waals surface area contributed by atoms with Gasteiger partial charge in [-0.15, -0.1) is 0 Å². The minimum atomic E-state index is -4.42. The fourth-order valence-corrected chi connectivity index (χ4v) is 2.46. The van der Waals surface area contributed by atoms with Crippen LogP contribution < -0.4 is 5.32 Å². The summed E-state index contributed by atoms with van der Waals surface area (Å²) in [6.45, 7) is 0.956. The number of imidazole rings is 1. The maximum absolute atomic E-state index is 12.7. The molecule has 2 aromatic heterocycles. The van der Waals surface area contributed by atoms with E-state index in [9.17, 15) is 17.6 Å². The Bertz CT molecular complexity index is 649. The molecule has 0 spiro atoms. The topological polar surface area (TPSA) is 55.6 Å². The number of alkyl halides is 3. The summed E-state index contributed by atoms with van der Waals surface area (Å²) in [5.74, 6) is 0.373. The second-order valence-corrected chi connectivity index (χ2v) is 5.20. The number of hydrogen-bond donors (Lipinski definition) is 1. The van der Waals surface area contributed by atoms with Gasteiger partial charge in [-0.25, -0.2) is 19.3 Å². The maximum atomic E-state index is 12.7. The van der Waals surface area contributed by atoms with Crippen LogP contribution in [0.25, 0.3) is 0 Å². The van der Waals surface area contributed by atoms with Crippen LogP contribution in [0.2, 0.25) is 0 Å². The zero-order chi connectivity index (χ0) is 15.7. The monoisotopic (exact) mass is 315 g/mol. The number of nitrogens with one attached hydrogen (secondary N) is 1. The zero-order valence-electron chi connectivity index (χ0n) is 11.4. The van der Waals surface area contributed by atoms with E-state index in [1.807, 2.05) is 0 Å². The number of rotatable bonds is 3. The second-order valence-electron chi connectivity index (χ2n) is 5.20. The number of fused-ring (bicyclic) bond motifs is 1. The number of halogens is 4. The molecule has 3 heterocycles. The number of aryl methyl sites for hydroxylation is 1. The van der Waals surface area contributed by atoms with E-state index in [2.05, 4.69) is 20.3 Å². The predicted molar refractivity (Wildman–Crippen MR) is 69.5 cm³/mol. The van der Waals surface area contributed by atoms with Gasteiger partial charge in [-0.05, 0) is 12.3 Å². The van der Waals surface area contributed by atoms with E-state index in [1.54, 1.807) is 4.57 Å². The molecule has 1 N–H and O–H groups in total. The first kappa shape index (κ1) is 14.7. The third kappa shape index (κ3) is 3.18. The standard InChI is InChI=1S/C13H13F4N5/c14-9-4-19-12(20-5-9)18-3-8-1-2-11-21-10(13(15,16)17)7-22(11)6-8/h4-5,7-8H,1-3,6H2,(H,18,19,20). The van der Waals surface area contributed by atoms with Crippen LogP contribution in [0, 0.1) is 11.7 Å². The fraction of sp³-hybridized carbons (Fsp3) is 0.462. The summed E-state index contributed by atoms with van der Waals surface area (Å²) in [6.07, 6.45) is -0.0370. The lowest BCUT2D eigenvalue weighted by Crippen LogP contribution is -2.26. The van der Waals surface area contributed by atoms with E-state index in [0.29, 0.717) is 31.3 Å². The highest BCUT2D eigenvalue weighted by Gasteiger charge is 2.35. The van der Waals surface area contributed by atoms with E-state index in [4.69, 9.17) is 0 Å². The van der Waals surface area contributed by atoms with Gasteiger partial charge in [0, 0.05) is 25.7 Å². The van der Waals surface area contributed by atoms with Gasteiger partial charge in [0.15, 0.2) is 11.5 Å². The Hall–Kier alpha value is -2.19. The van der Waals surface area contributed by atoms with E-state index < -0.39 is 17.7 Å². The molecule has 1 aliphatic heterocycles. The SMILES string of the molecule is Fc1cnc(NCC2CCc3nc(C(F)(F)F)cn3C2)nc1. The normalized spacial score (nSPS) is 18.1. The maximum Gasteiger partial charge on any atom is 0.434 e. The molecule has 0 bridgehead atoms. The lowest BCUT2D eigenvalue weighted by Gasteiger charge is -2.23. The van der Waals surface area contributed by atoms with Gasteiger partial charge in [0.25, 0.3) is 0 Å². The number of aromatic nitrogens is 4. The van der Waals surface area contributed by atoms with Crippen LogP contribution in [0.3, 0.4) is 0 Å². The molecular weight excluding hydrogens is 302 g/mol. The highest BCUT2D eigenvalue weighted by molar-refractivity contribution is 5.22. The molecule has 0 radical (unpaired) electrons. The fourth-order valence-electron chi connectivity index (χ4n) is 2.46. The van der Waals surface area contributed by atoms with Crippen LogP contribution >= 0.6 is 0 Å². The predicted octanol–water partition coefficient (Wildman–Crippen LogP) is 2.51. The first-order chi connectivity index (χ1) is 10.4. The van der Waals surface area contributed by atoms with Gasteiger partial charge in [0.2, 0.25) is 5.95 Å². The van der Waals surface area contributed by atoms with Crippen molar-refractivity contribution >= 4 is 5.95 Å². The average molecular weight is 315 g/mol. The van der Waals surface area contributed by atoms with Crippen LogP contribution in [-0.2, 0) is 19.1 Å². The van der Waals surface area contributed by atoms with Crippen molar-refractivity contribution in [3.8, 4) is 0 Å². The molecule has 0 aliphatic carbocycles. The summed E-state index contributed by atoms with van der Waals surface area (Å²) in [5, 5.41) is 2.96. The molecule has 0 saturated carbocycles. The van der Waals surface area contributed by atoms with E-state index >= 15 is 0 Å². The molecule has 0 amide bonds. The molecule has 2 aromatic rings. The Morgan fingerprint density at radius 1 is 1.27 bits per heavy atom. The van der Waals surface area contributed by atoms with Gasteiger partial charge in [0.1, 0.15) is 5.82 Å². The minimum absolute atomic E-state index is 0.136. The Labute approximate surface area is 123 Å². The molecule has 0 fully saturated rings. The molecule has 22 heavy (non-hydrogen) atoms. The van der Waals surface area contributed by atoms with Crippen molar-refractivity contribution < 1.29 is 17.6 Å². The average Bonchev–Trinajstić information content (AvgIpc) is 2.90. The summed E-state index contributed by atoms with van der Waals surface area (Å²) < 4.78 is 52.2. The second kappa shape index (κ2) is 5.54. The lowest BCUT2D eigenvalue weighted by molar-refractivity contribution is -0.141. The van der Waals surface area contributed by atoms with Gasteiger partial charge >= 0.3 is 6.18 Å². The molecule has 0 aromatic carbocycles. The van der Waals surface area contributed by atoms with Gasteiger partial charge in [0.05, 0.1) is 12.4 Å². The Morgan fingerprint density at radius 2 is 2.00 bits per heavy atom. The molecular formula is C13H13F4N5. The summed E-state index contributed by atoms with van der Waals surface area (Å²) >= 11 is 0. The van der Waals surface area contributed by atoms with E-state index in [1.165, 1.54) is 0 Å². The van der Waals surface area contributed by atoms with Gasteiger partial charge in [-0.2, -0.15) is 13.2 Å². The Kier molecular flexibility index (Phi) is 3.71. The molecule has 1 atom stereocenters. The Morgan fingerprint density at radius 3 is 2.68 bits per heavy atom. The van der Waals surface area contributed by atoms with Gasteiger partial charge in [-0.1, -0.05) is 0 Å². The van der Waals surface area contributed by atoms with Crippen molar-refractivity contribution in [3.63, 3.8) is 0 Å². The number of anilines is 1. The van der Waals surface area contributed by atoms with Crippen LogP contribution in [0.4, 0.5) is 23.5 Å². The molecule has 3 rings (SSSR count). The first-order valence-corrected chi connectivity index (χ1v) is 6.76. The quantitative estimate of drug-likeness (QED) is 0.884. The van der Waals surface area contributed by atoms with Crippen LogP contribution in [0.15, 0.2) is 18.6 Å². The van der Waals surface area contributed by atoms with Crippen LogP contribution in [0.1, 0.15) is 17.9 Å². The van der Waals surface area contributed by atoms with Crippen LogP contribution in [-0.4, -0.2) is 26.1 Å². The molecule has 118 valence electrons. The smallest absolute Gasteiger partial charge is 0.354 e. The molecule has 9 heteroatoms. The minimum Gasteiger partial charge on any atom is -0.354 e. The summed E-state index contributed by atoms with van der Waals surface area (Å²) in [5.41, 5.74) is -0.849. The van der Waals surface area contributed by atoms with Crippen molar-refractivity contribution in [1.29, 1.82) is 0 Å². The van der Waals surface area contributed by atoms with Crippen molar-refractivity contribution in [2.24, 2.45) is 5.92 Å². The summed E-state index contributed by atoms with van der Waals surface area (Å²) in [6, 6.07) is 0. The number of nitrogens with zero attached hydrogens (tertiary/aromatic N) is 4. The third-order valence-corrected chi connectivity index (χ3v) is 3.55. The third-order valence-electron chi connectivity index (χ3n) is 3.55. The largest absolute Gasteiger partial charge is 0.434 e. The summed E-state index contributed by atoms with van der Waals surface area (Å²) in [4.78, 5) is 11.2. The molecule has 0 saturated heterocycles. The van der Waals surface area contributed by atoms with Crippen LogP contribution in [0.5, 0.6) is 0 Å². The highest BCUT2D eigenvalue weighted by Crippen LogP contribution is 2.30. The highest BCUT2D eigenvalue weighted by atomic mass is 19.4. The zero-order valence-corrected chi connectivity index (χ0v) is 11.4. The lowest BCUT2D eigenvalue weighted by atomic mass is 9.99. The van der Waals surface area contributed by atoms with Crippen molar-refractivity contribution in [1.82, 2.24) is 19.5 Å². The summed E-state index contributed by atoms with van der Waals surface area (Å²) in [7, 11) is 0. The van der Waals surface area contributed by atoms with Crippen molar-refractivity contribution in [2.45, 2.75) is 25.6 Å². The first-order valence-electron chi connectivity index (χ1n) is 6.76. The molecule has 5 nitrogen and oxygen atoms in total. The van der Waals surface area contributed by atoms with Gasteiger partial charge in [-0.3, -0.25) is 0 Å². The molecule has 1 aliphatic rings. The van der Waals surface area contributed by atoms with Gasteiger partial charge < -0.3 is 9.88 Å². The van der Waals surface area contributed by atoms with Crippen molar-refractivity contribution in [3.05, 3.63) is 35.9 Å².